The molecule has 2 aliphatic heterocycles. The zero-order valence-electron chi connectivity index (χ0n) is 23.7. The first-order valence-corrected chi connectivity index (χ1v) is 14.2. The Labute approximate surface area is 259 Å². The Kier molecular flexibility index (Phi) is 8.12. The molecule has 2 aliphatic rings. The molecular weight excluding hydrogens is 608 g/mol. The van der Waals surface area contributed by atoms with Crippen LogP contribution in [0.2, 0.25) is 0 Å². The lowest BCUT2D eigenvalue weighted by atomic mass is 9.92. The highest BCUT2D eigenvalue weighted by Gasteiger charge is 2.74. The van der Waals surface area contributed by atoms with Crippen LogP contribution in [0.3, 0.4) is 0 Å². The summed E-state index contributed by atoms with van der Waals surface area (Å²) in [4.78, 5) is 70.9. The van der Waals surface area contributed by atoms with E-state index in [0.29, 0.717) is 12.1 Å². The van der Waals surface area contributed by atoms with E-state index in [1.807, 2.05) is 6.07 Å². The molecule has 16 nitrogen and oxygen atoms in total. The number of carbonyl (C=O) groups excluding carboxylic acids is 4. The number of carbonyl (C=O) groups is 5. The van der Waals surface area contributed by atoms with Gasteiger partial charge in [0.05, 0.1) is 6.20 Å². The van der Waals surface area contributed by atoms with Crippen molar-refractivity contribution in [2.24, 2.45) is 0 Å². The summed E-state index contributed by atoms with van der Waals surface area (Å²) in [6.07, 6.45) is 1.46. The summed E-state index contributed by atoms with van der Waals surface area (Å²) in [7, 11) is 0. The number of hydrogen-bond acceptors (Lipinski definition) is 11. The number of carboxylic acids is 1. The van der Waals surface area contributed by atoms with Gasteiger partial charge in [0.1, 0.15) is 23.5 Å². The normalized spacial score (nSPS) is 21.8. The van der Waals surface area contributed by atoms with Gasteiger partial charge in [0.15, 0.2) is 11.0 Å². The molecular formula is C28H28N8O8S. The van der Waals surface area contributed by atoms with Crippen molar-refractivity contribution in [2.75, 3.05) is 10.6 Å². The highest BCUT2D eigenvalue weighted by molar-refractivity contribution is 8.02. The van der Waals surface area contributed by atoms with Crippen LogP contribution in [0, 0.1) is 0 Å². The highest BCUT2D eigenvalue weighted by atomic mass is 32.2. The lowest BCUT2D eigenvalue weighted by molar-refractivity contribution is -0.171. The predicted molar refractivity (Wildman–Crippen MR) is 160 cm³/mol. The van der Waals surface area contributed by atoms with E-state index in [4.69, 9.17) is 0 Å². The predicted octanol–water partition coefficient (Wildman–Crippen LogP) is 1.20. The smallest absolute Gasteiger partial charge is 0.327 e. The Morgan fingerprint density at radius 2 is 1.76 bits per heavy atom. The Morgan fingerprint density at radius 3 is 2.38 bits per heavy atom. The maximum Gasteiger partial charge on any atom is 0.327 e. The summed E-state index contributed by atoms with van der Waals surface area (Å²) in [5.74, 6) is -3.54. The summed E-state index contributed by atoms with van der Waals surface area (Å²) in [5, 5.41) is 42.7. The molecule has 4 atom stereocenters. The molecule has 2 aromatic carbocycles. The Hall–Kier alpha value is -5.58. The minimum Gasteiger partial charge on any atom is -0.508 e. The quantitative estimate of drug-likeness (QED) is 0.116. The lowest BCUT2D eigenvalue weighted by Gasteiger charge is -2.52. The SMILES string of the molecule is CC1(C)SC2(NC=O)[C@@H](NC(=O)C(NC(=O)Nc3cnc(Nc4ccccc4)nc3O)c3ccc(O)cc3)C(=O)N2[C@H]1C(=O)O. The molecule has 1 aromatic heterocycles. The van der Waals surface area contributed by atoms with E-state index in [9.17, 15) is 39.3 Å². The van der Waals surface area contributed by atoms with Crippen molar-refractivity contribution in [3.8, 4) is 11.6 Å². The van der Waals surface area contributed by atoms with Crippen molar-refractivity contribution < 1.29 is 39.3 Å². The standard InChI is InChI=1S/C28H28N8O8S/c1-27(2)20(24(42)43)36-23(41)19(28(36,45-27)30-13-37)34-22(40)18(14-8-10-16(38)11-9-14)33-26(44)32-17-12-29-25(35-21(17)39)31-15-6-4-3-5-7-15/h3-13,18-20,38H,1-2H3,(H,30,37)(H,34,40)(H,42,43)(H2,32,33,44)(H2,29,31,35,39)/t18?,19-,20-,28?/m0/s1. The van der Waals surface area contributed by atoms with E-state index in [2.05, 4.69) is 36.6 Å². The van der Waals surface area contributed by atoms with E-state index in [-0.39, 0.29) is 22.9 Å². The monoisotopic (exact) mass is 636 g/mol. The minimum absolute atomic E-state index is 0.0566. The van der Waals surface area contributed by atoms with Crippen molar-refractivity contribution >= 4 is 59.3 Å². The van der Waals surface area contributed by atoms with Crippen LogP contribution in [-0.4, -0.2) is 82.2 Å². The number of aromatic nitrogens is 2. The second kappa shape index (κ2) is 11.8. The average molecular weight is 637 g/mol. The van der Waals surface area contributed by atoms with E-state index in [0.717, 1.165) is 22.9 Å². The van der Waals surface area contributed by atoms with Crippen LogP contribution in [0.5, 0.6) is 11.6 Å². The number of para-hydroxylation sites is 1. The van der Waals surface area contributed by atoms with Crippen LogP contribution >= 0.6 is 11.8 Å². The maximum absolute atomic E-state index is 13.7. The number of urea groups is 1. The number of nitrogens with zero attached hydrogens (tertiary/aromatic N) is 3. The molecule has 45 heavy (non-hydrogen) atoms. The van der Waals surface area contributed by atoms with Gasteiger partial charge in [-0.1, -0.05) is 30.3 Å². The molecule has 0 saturated carbocycles. The molecule has 0 bridgehead atoms. The fraction of sp³-hybridized carbons (Fsp3) is 0.250. The van der Waals surface area contributed by atoms with Gasteiger partial charge in [0.2, 0.25) is 24.1 Å². The van der Waals surface area contributed by atoms with Crippen LogP contribution in [0.1, 0.15) is 25.5 Å². The largest absolute Gasteiger partial charge is 0.508 e. The summed E-state index contributed by atoms with van der Waals surface area (Å²) in [6, 6.07) is 9.13. The lowest BCUT2D eigenvalue weighted by Crippen LogP contribution is -2.82. The summed E-state index contributed by atoms with van der Waals surface area (Å²) >= 11 is 0.996. The molecule has 3 heterocycles. The number of thioether (sulfide) groups is 1. The third-order valence-electron chi connectivity index (χ3n) is 7.17. The maximum atomic E-state index is 13.7. The number of carboxylic acid groups (broad SMARTS) is 1. The number of β-lactam (4-membered cyclic amide) rings is 1. The van der Waals surface area contributed by atoms with Gasteiger partial charge in [0, 0.05) is 10.4 Å². The summed E-state index contributed by atoms with van der Waals surface area (Å²) in [6.45, 7) is 3.20. The fourth-order valence-electron chi connectivity index (χ4n) is 5.23. The number of phenolic OH excluding ortho intramolecular Hbond substituents is 1. The zero-order valence-corrected chi connectivity index (χ0v) is 24.5. The molecule has 17 heteroatoms. The number of aromatic hydroxyl groups is 2. The second-order valence-electron chi connectivity index (χ2n) is 10.6. The molecule has 3 aromatic rings. The molecule has 0 spiro atoms. The van der Waals surface area contributed by atoms with Gasteiger partial charge in [-0.3, -0.25) is 19.3 Å². The molecule has 0 aliphatic carbocycles. The van der Waals surface area contributed by atoms with Gasteiger partial charge in [-0.05, 0) is 43.7 Å². The molecule has 0 radical (unpaired) electrons. The zero-order chi connectivity index (χ0) is 32.5. The second-order valence-corrected chi connectivity index (χ2v) is 12.5. The van der Waals surface area contributed by atoms with E-state index in [1.165, 1.54) is 24.3 Å². The van der Waals surface area contributed by atoms with E-state index < -0.39 is 57.6 Å². The fourth-order valence-corrected chi connectivity index (χ4v) is 7.02. The molecule has 5 rings (SSSR count). The number of fused-ring (bicyclic) bond motifs is 1. The summed E-state index contributed by atoms with van der Waals surface area (Å²) < 4.78 is -1.04. The minimum atomic E-state index is -1.60. The third-order valence-corrected chi connectivity index (χ3v) is 8.78. The first-order valence-electron chi connectivity index (χ1n) is 13.4. The van der Waals surface area contributed by atoms with Gasteiger partial charge in [0.25, 0.3) is 5.91 Å². The van der Waals surface area contributed by atoms with E-state index >= 15 is 0 Å². The van der Waals surface area contributed by atoms with Crippen molar-refractivity contribution in [1.82, 2.24) is 30.8 Å². The number of hydrogen-bond donors (Lipinski definition) is 8. The first kappa shape index (κ1) is 30.9. The van der Waals surface area contributed by atoms with Crippen molar-refractivity contribution in [2.45, 2.75) is 41.7 Å². The van der Waals surface area contributed by atoms with Crippen molar-refractivity contribution in [3.63, 3.8) is 0 Å². The molecule has 2 unspecified atom stereocenters. The van der Waals surface area contributed by atoms with Gasteiger partial charge in [-0.25, -0.2) is 14.6 Å². The molecule has 2 fully saturated rings. The van der Waals surface area contributed by atoms with Crippen LogP contribution in [0.15, 0.2) is 60.8 Å². The van der Waals surface area contributed by atoms with Crippen molar-refractivity contribution in [3.05, 3.63) is 66.4 Å². The number of anilines is 3. The Balaban J connectivity index is 1.35. The number of benzene rings is 2. The first-order chi connectivity index (χ1) is 21.4. The number of aliphatic carboxylic acids is 1. The number of amides is 5. The molecule has 5 amide bonds. The van der Waals surface area contributed by atoms with Crippen LogP contribution in [-0.2, 0) is 19.2 Å². The highest BCUT2D eigenvalue weighted by Crippen LogP contribution is 2.56. The number of phenols is 1. The summed E-state index contributed by atoms with van der Waals surface area (Å²) in [5.41, 5.74) is 0.681. The number of rotatable bonds is 10. The Morgan fingerprint density at radius 1 is 1.07 bits per heavy atom. The van der Waals surface area contributed by atoms with E-state index in [1.54, 1.807) is 38.1 Å². The van der Waals surface area contributed by atoms with Gasteiger partial charge in [-0.2, -0.15) is 4.98 Å². The Bertz CT molecular complexity index is 1660. The topological polar surface area (TPSA) is 235 Å². The van der Waals surface area contributed by atoms with Gasteiger partial charge in [-0.15, -0.1) is 11.8 Å². The van der Waals surface area contributed by atoms with Gasteiger partial charge < -0.3 is 41.9 Å². The molecule has 8 N–H and O–H groups in total. The van der Waals surface area contributed by atoms with Gasteiger partial charge >= 0.3 is 12.0 Å². The van der Waals surface area contributed by atoms with Crippen LogP contribution < -0.4 is 26.6 Å². The average Bonchev–Trinajstić information content (AvgIpc) is 3.21. The number of nitrogens with one attached hydrogen (secondary N) is 5. The van der Waals surface area contributed by atoms with Crippen LogP contribution in [0.4, 0.5) is 22.1 Å². The third kappa shape index (κ3) is 5.84. The van der Waals surface area contributed by atoms with Crippen LogP contribution in [0.25, 0.3) is 0 Å². The van der Waals surface area contributed by atoms with Crippen molar-refractivity contribution in [1.29, 1.82) is 0 Å². The molecule has 2 saturated heterocycles. The molecule has 234 valence electrons.